The predicted octanol–water partition coefficient (Wildman–Crippen LogP) is 0.649. The molecule has 28 valence electrons. The summed E-state index contributed by atoms with van der Waals surface area (Å²) >= 11 is 1.75. The van der Waals surface area contributed by atoms with E-state index in [4.69, 9.17) is 4.65 Å². The van der Waals surface area contributed by atoms with Crippen LogP contribution in [0.4, 0.5) is 0 Å². The first-order chi connectivity index (χ1) is 2.00. The van der Waals surface area contributed by atoms with Crippen molar-refractivity contribution in [2.45, 2.75) is 0 Å². The van der Waals surface area contributed by atoms with Gasteiger partial charge in [-0.2, -0.15) is 0 Å². The molecule has 1 nitrogen and oxygen atoms in total. The third-order valence-corrected chi connectivity index (χ3v) is 0. The zero-order chi connectivity index (χ0) is 4.00. The average Bonchev–Trinajstić information content (AvgIpc) is 1.50. The maximum atomic E-state index is 7.50. The Bertz CT molecular complexity index is 12.8. The van der Waals surface area contributed by atoms with Crippen LogP contribution >= 0.6 is 9.19 Å². The van der Waals surface area contributed by atoms with Gasteiger partial charge in [-0.15, -0.1) is 0 Å². The molecule has 0 aromatic rings. The van der Waals surface area contributed by atoms with Gasteiger partial charge in [0, 0.05) is 0 Å². The van der Waals surface area contributed by atoms with Crippen LogP contribution in [0.15, 0.2) is 0 Å². The predicted molar refractivity (Wildman–Crippen MR) is 9.78 cm³/mol. The monoisotopic (exact) mass is 260 g/mol. The molecule has 0 fully saturated rings. The van der Waals surface area contributed by atoms with Gasteiger partial charge in [0.15, 0.2) is 0 Å². The SMILES string of the molecule is [C-]#[O+].[Cl][Au]. The van der Waals surface area contributed by atoms with E-state index in [1.54, 1.807) is 20.0 Å². The summed E-state index contributed by atoms with van der Waals surface area (Å²) in [5.41, 5.74) is 0. The number of hydrogen-bond donors (Lipinski definition) is 0. The fourth-order valence-electron chi connectivity index (χ4n) is 0. The fourth-order valence-corrected chi connectivity index (χ4v) is 0. The molecule has 0 saturated carbocycles. The van der Waals surface area contributed by atoms with Gasteiger partial charge in [0.25, 0.3) is 0 Å². The first kappa shape index (κ1) is 8.84. The molecule has 0 saturated heterocycles. The van der Waals surface area contributed by atoms with Crippen LogP contribution in [0.2, 0.25) is 0 Å². The molecule has 0 atom stereocenters. The summed E-state index contributed by atoms with van der Waals surface area (Å²) in [5, 5.41) is 0. The van der Waals surface area contributed by atoms with Crippen molar-refractivity contribution >= 4 is 9.19 Å². The molecule has 0 bridgehead atoms. The fraction of sp³-hybridized carbons (Fsp3) is 0. The van der Waals surface area contributed by atoms with Crippen molar-refractivity contribution in [3.05, 3.63) is 6.65 Å². The Morgan fingerprint density at radius 2 is 1.50 bits per heavy atom. The van der Waals surface area contributed by atoms with E-state index in [0.717, 1.165) is 0 Å². The number of halogens is 1. The molecule has 0 spiro atoms. The summed E-state index contributed by atoms with van der Waals surface area (Å²) in [6.07, 6.45) is 0. The van der Waals surface area contributed by atoms with Gasteiger partial charge in [-0.3, -0.25) is 0 Å². The quantitative estimate of drug-likeness (QED) is 0.346. The molecular weight excluding hydrogens is 260 g/mol. The first-order valence-electron chi connectivity index (χ1n) is 0.318. The zero-order valence-corrected chi connectivity index (χ0v) is 4.51. The summed E-state index contributed by atoms with van der Waals surface area (Å²) in [5.74, 6) is 0. The molecule has 0 heterocycles. The Morgan fingerprint density at radius 3 is 1.50 bits per heavy atom. The Labute approximate surface area is 40.8 Å². The molecule has 0 aliphatic rings. The second-order valence-electron chi connectivity index (χ2n) is 0. The first-order valence-corrected chi connectivity index (χ1v) is 3.00. The van der Waals surface area contributed by atoms with Crippen LogP contribution in [-0.4, -0.2) is 0 Å². The molecule has 4 heavy (non-hydrogen) atoms. The van der Waals surface area contributed by atoms with Crippen molar-refractivity contribution in [1.82, 2.24) is 0 Å². The molecule has 0 radical (unpaired) electrons. The van der Waals surface area contributed by atoms with Gasteiger partial charge in [0.1, 0.15) is 0 Å². The molecule has 3 heteroatoms. The van der Waals surface area contributed by atoms with Gasteiger partial charge < -0.3 is 0 Å². The van der Waals surface area contributed by atoms with Crippen LogP contribution in [0, 0.1) is 6.65 Å². The van der Waals surface area contributed by atoms with Crippen LogP contribution in [0.1, 0.15) is 0 Å². The van der Waals surface area contributed by atoms with Crippen molar-refractivity contribution in [2.24, 2.45) is 0 Å². The topological polar surface area (TPSA) is 19.9 Å². The van der Waals surface area contributed by atoms with E-state index in [-0.39, 0.29) is 0 Å². The third kappa shape index (κ3) is 14.6. The average molecular weight is 260 g/mol. The van der Waals surface area contributed by atoms with Crippen LogP contribution in [-0.2, 0) is 24.6 Å². The molecule has 0 aliphatic heterocycles. The standard InChI is InChI=1S/CO.Au.ClH/c1-2;;/h;;1H/q;+1;/p-1. The van der Waals surface area contributed by atoms with E-state index in [2.05, 4.69) is 15.8 Å². The van der Waals surface area contributed by atoms with Crippen molar-refractivity contribution in [2.75, 3.05) is 0 Å². The molecule has 0 aromatic carbocycles. The summed E-state index contributed by atoms with van der Waals surface area (Å²) in [6.45, 7) is 4.50. The Morgan fingerprint density at radius 1 is 1.50 bits per heavy atom. The second-order valence-corrected chi connectivity index (χ2v) is 0. The van der Waals surface area contributed by atoms with Crippen molar-refractivity contribution in [3.63, 3.8) is 0 Å². The van der Waals surface area contributed by atoms with E-state index in [9.17, 15) is 0 Å². The van der Waals surface area contributed by atoms with Crippen LogP contribution in [0.5, 0.6) is 0 Å². The summed E-state index contributed by atoms with van der Waals surface area (Å²) in [6, 6.07) is 0. The second kappa shape index (κ2) is 48.8. The van der Waals surface area contributed by atoms with E-state index >= 15 is 0 Å². The molecule has 0 aliphatic carbocycles. The van der Waals surface area contributed by atoms with Gasteiger partial charge >= 0.3 is 40.5 Å². The molecule has 0 aromatic heterocycles. The van der Waals surface area contributed by atoms with E-state index < -0.39 is 0 Å². The van der Waals surface area contributed by atoms with Gasteiger partial charge in [-0.1, -0.05) is 0 Å². The van der Waals surface area contributed by atoms with E-state index in [1.807, 2.05) is 0 Å². The number of rotatable bonds is 0. The van der Waals surface area contributed by atoms with Crippen molar-refractivity contribution < 1.29 is 24.6 Å². The summed E-state index contributed by atoms with van der Waals surface area (Å²) in [7, 11) is 4.58. The van der Waals surface area contributed by atoms with E-state index in [0.29, 0.717) is 0 Å². The minimum atomic E-state index is 1.75. The molecule has 0 rings (SSSR count). The molecular formula is CAuClO. The van der Waals surface area contributed by atoms with Crippen LogP contribution in [0.3, 0.4) is 0 Å². The summed E-state index contributed by atoms with van der Waals surface area (Å²) < 4.78 is 7.50. The summed E-state index contributed by atoms with van der Waals surface area (Å²) in [4.78, 5) is 0. The van der Waals surface area contributed by atoms with Crippen LogP contribution < -0.4 is 0 Å². The maximum absolute atomic E-state index is 7.50. The normalized spacial score (nSPS) is 2.25. The molecule has 0 amide bonds. The Hall–Kier alpha value is 0.770. The van der Waals surface area contributed by atoms with Crippen molar-refractivity contribution in [3.8, 4) is 0 Å². The Kier molecular flexibility index (Phi) is 108. The van der Waals surface area contributed by atoms with Gasteiger partial charge in [-0.25, -0.2) is 0 Å². The number of hydrogen-bond acceptors (Lipinski definition) is 0. The van der Waals surface area contributed by atoms with Gasteiger partial charge in [0.2, 0.25) is 0 Å². The minimum absolute atomic E-state index is 1.75. The van der Waals surface area contributed by atoms with E-state index in [1.165, 1.54) is 0 Å². The zero-order valence-electron chi connectivity index (χ0n) is 1.59. The van der Waals surface area contributed by atoms with Crippen LogP contribution in [0.25, 0.3) is 0 Å². The van der Waals surface area contributed by atoms with Gasteiger partial charge in [-0.05, 0) is 0 Å². The molecule has 0 N–H and O–H groups in total. The molecule has 0 unspecified atom stereocenters. The van der Waals surface area contributed by atoms with Crippen molar-refractivity contribution in [1.29, 1.82) is 0 Å². The van der Waals surface area contributed by atoms with Gasteiger partial charge in [0.05, 0.1) is 0 Å². The third-order valence-electron chi connectivity index (χ3n) is 0. The Balaban J connectivity index is 0.